The van der Waals surface area contributed by atoms with Crippen molar-refractivity contribution < 1.29 is 34.5 Å². The molecule has 0 saturated carbocycles. The van der Waals surface area contributed by atoms with Crippen LogP contribution < -0.4 is 0 Å². The summed E-state index contributed by atoms with van der Waals surface area (Å²) in [6, 6.07) is 0. The largest absolute Gasteiger partial charge is 0.479 e. The maximum atomic E-state index is 10.3. The molecule has 0 fully saturated rings. The molecule has 7 nitrogen and oxygen atoms in total. The molecule has 0 aromatic heterocycles. The SMILES string of the molecule is CC(=O)C(=O)O.CC(=O)C(C)(O)C(=O)O. The van der Waals surface area contributed by atoms with E-state index in [1.807, 2.05) is 0 Å². The van der Waals surface area contributed by atoms with E-state index in [4.69, 9.17) is 15.3 Å². The lowest BCUT2D eigenvalue weighted by atomic mass is 10.0. The summed E-state index contributed by atoms with van der Waals surface area (Å²) in [6.07, 6.45) is 0. The highest BCUT2D eigenvalue weighted by molar-refractivity contribution is 6.31. The lowest BCUT2D eigenvalue weighted by Crippen LogP contribution is -2.41. The Hall–Kier alpha value is -1.76. The quantitative estimate of drug-likeness (QED) is 0.414. The van der Waals surface area contributed by atoms with E-state index < -0.39 is 29.1 Å². The Labute approximate surface area is 85.3 Å². The first-order valence-electron chi connectivity index (χ1n) is 3.74. The van der Waals surface area contributed by atoms with Gasteiger partial charge in [-0.1, -0.05) is 0 Å². The fourth-order valence-electron chi connectivity index (χ4n) is 0.151. The highest BCUT2D eigenvalue weighted by Crippen LogP contribution is 2.03. The van der Waals surface area contributed by atoms with Crippen molar-refractivity contribution in [1.82, 2.24) is 0 Å². The van der Waals surface area contributed by atoms with Gasteiger partial charge in [0.1, 0.15) is 0 Å². The number of ketones is 2. The number of rotatable bonds is 3. The van der Waals surface area contributed by atoms with Crippen molar-refractivity contribution in [2.75, 3.05) is 0 Å². The zero-order valence-corrected chi connectivity index (χ0v) is 8.47. The van der Waals surface area contributed by atoms with E-state index in [-0.39, 0.29) is 0 Å². The van der Waals surface area contributed by atoms with Gasteiger partial charge in [-0.15, -0.1) is 0 Å². The molecular formula is C8H12O7. The molecule has 1 atom stereocenters. The van der Waals surface area contributed by atoms with Crippen LogP contribution in [0.25, 0.3) is 0 Å². The molecule has 3 N–H and O–H groups in total. The van der Waals surface area contributed by atoms with Crippen molar-refractivity contribution in [3.05, 3.63) is 0 Å². The van der Waals surface area contributed by atoms with Gasteiger partial charge in [-0.05, 0) is 13.8 Å². The number of carbonyl (C=O) groups excluding carboxylic acids is 2. The zero-order chi connectivity index (χ0) is 12.8. The van der Waals surface area contributed by atoms with Gasteiger partial charge < -0.3 is 15.3 Å². The van der Waals surface area contributed by atoms with Crippen LogP contribution in [0, 0.1) is 0 Å². The van der Waals surface area contributed by atoms with Gasteiger partial charge in [0.15, 0.2) is 5.78 Å². The van der Waals surface area contributed by atoms with Crippen LogP contribution in [-0.4, -0.2) is 44.4 Å². The molecule has 86 valence electrons. The van der Waals surface area contributed by atoms with E-state index in [2.05, 4.69) is 0 Å². The first kappa shape index (κ1) is 15.7. The molecule has 0 aliphatic carbocycles. The molecule has 15 heavy (non-hydrogen) atoms. The third-order valence-electron chi connectivity index (χ3n) is 1.40. The van der Waals surface area contributed by atoms with Gasteiger partial charge in [0.25, 0.3) is 0 Å². The van der Waals surface area contributed by atoms with Crippen molar-refractivity contribution in [3.8, 4) is 0 Å². The molecule has 0 radical (unpaired) electrons. The maximum absolute atomic E-state index is 10.3. The van der Waals surface area contributed by atoms with Gasteiger partial charge >= 0.3 is 11.9 Å². The molecule has 0 aromatic carbocycles. The van der Waals surface area contributed by atoms with E-state index >= 15 is 0 Å². The van der Waals surface area contributed by atoms with Crippen molar-refractivity contribution in [2.45, 2.75) is 26.4 Å². The molecular weight excluding hydrogens is 208 g/mol. The average molecular weight is 220 g/mol. The monoisotopic (exact) mass is 220 g/mol. The number of hydrogen-bond acceptors (Lipinski definition) is 5. The molecule has 0 aliphatic rings. The number of aliphatic hydroxyl groups is 1. The Balaban J connectivity index is 0. The van der Waals surface area contributed by atoms with Crippen LogP contribution in [0.1, 0.15) is 20.8 Å². The Bertz CT molecular complexity index is 261. The van der Waals surface area contributed by atoms with Crippen LogP contribution in [0.15, 0.2) is 0 Å². The summed E-state index contributed by atoms with van der Waals surface area (Å²) in [6.45, 7) is 2.97. The summed E-state index contributed by atoms with van der Waals surface area (Å²) in [4.78, 5) is 39.2. The summed E-state index contributed by atoms with van der Waals surface area (Å²) in [5, 5.41) is 24.5. The standard InChI is InChI=1S/C5H8O4.C3H4O3/c1-3(6)5(2,9)4(7)8;1-2(4)3(5)6/h9H,1-2H3,(H,7,8);1H3,(H,5,6). The number of Topliss-reactive ketones (excluding diaryl/α,β-unsaturated/α-hetero) is 2. The minimum absolute atomic E-state index is 0.769. The van der Waals surface area contributed by atoms with E-state index in [1.165, 1.54) is 0 Å². The average Bonchev–Trinajstić information content (AvgIpc) is 2.04. The predicted octanol–water partition coefficient (Wildman–Crippen LogP) is -0.929. The van der Waals surface area contributed by atoms with Crippen LogP contribution in [0.2, 0.25) is 0 Å². The van der Waals surface area contributed by atoms with E-state index in [1.54, 1.807) is 0 Å². The molecule has 0 spiro atoms. The van der Waals surface area contributed by atoms with Crippen molar-refractivity contribution in [2.24, 2.45) is 0 Å². The summed E-state index contributed by atoms with van der Waals surface area (Å²) in [5.74, 6) is -4.49. The van der Waals surface area contributed by atoms with Crippen LogP contribution in [-0.2, 0) is 19.2 Å². The third-order valence-corrected chi connectivity index (χ3v) is 1.40. The van der Waals surface area contributed by atoms with Gasteiger partial charge in [-0.3, -0.25) is 9.59 Å². The van der Waals surface area contributed by atoms with Crippen LogP contribution in [0.3, 0.4) is 0 Å². The van der Waals surface area contributed by atoms with Crippen molar-refractivity contribution in [1.29, 1.82) is 0 Å². The van der Waals surface area contributed by atoms with Gasteiger partial charge in [-0.2, -0.15) is 0 Å². The van der Waals surface area contributed by atoms with E-state index in [9.17, 15) is 19.2 Å². The molecule has 0 amide bonds. The highest BCUT2D eigenvalue weighted by Gasteiger charge is 2.35. The fraction of sp³-hybridized carbons (Fsp3) is 0.500. The second kappa shape index (κ2) is 5.86. The second-order valence-electron chi connectivity index (χ2n) is 2.79. The third kappa shape index (κ3) is 6.33. The molecule has 1 unspecified atom stereocenters. The Morgan fingerprint density at radius 3 is 1.27 bits per heavy atom. The first-order valence-corrected chi connectivity index (χ1v) is 3.74. The molecule has 0 rings (SSSR count). The fourth-order valence-corrected chi connectivity index (χ4v) is 0.151. The Morgan fingerprint density at radius 1 is 1.00 bits per heavy atom. The van der Waals surface area contributed by atoms with Crippen LogP contribution in [0.5, 0.6) is 0 Å². The number of carbonyl (C=O) groups is 4. The summed E-state index contributed by atoms with van der Waals surface area (Å²) in [5.41, 5.74) is -2.22. The van der Waals surface area contributed by atoms with E-state index in [0.717, 1.165) is 20.8 Å². The first-order chi connectivity index (χ1) is 6.53. The number of carboxylic acids is 2. The zero-order valence-electron chi connectivity index (χ0n) is 8.47. The van der Waals surface area contributed by atoms with Crippen LogP contribution >= 0.6 is 0 Å². The maximum Gasteiger partial charge on any atom is 0.371 e. The minimum Gasteiger partial charge on any atom is -0.479 e. The Morgan fingerprint density at radius 2 is 1.27 bits per heavy atom. The van der Waals surface area contributed by atoms with Gasteiger partial charge in [0, 0.05) is 6.92 Å². The lowest BCUT2D eigenvalue weighted by molar-refractivity contribution is -0.162. The molecule has 0 saturated heterocycles. The summed E-state index contributed by atoms with van der Waals surface area (Å²) in [7, 11) is 0. The molecule has 0 heterocycles. The smallest absolute Gasteiger partial charge is 0.371 e. The van der Waals surface area contributed by atoms with Crippen LogP contribution in [0.4, 0.5) is 0 Å². The topological polar surface area (TPSA) is 129 Å². The predicted molar refractivity (Wildman–Crippen MR) is 47.3 cm³/mol. The van der Waals surface area contributed by atoms with Gasteiger partial charge in [-0.25, -0.2) is 9.59 Å². The lowest BCUT2D eigenvalue weighted by Gasteiger charge is -2.11. The summed E-state index contributed by atoms with van der Waals surface area (Å²) < 4.78 is 0. The minimum atomic E-state index is -2.22. The number of carboxylic acid groups (broad SMARTS) is 2. The second-order valence-corrected chi connectivity index (χ2v) is 2.79. The summed E-state index contributed by atoms with van der Waals surface area (Å²) >= 11 is 0. The normalized spacial score (nSPS) is 12.8. The van der Waals surface area contributed by atoms with E-state index in [0.29, 0.717) is 0 Å². The Kier molecular flexibility index (Phi) is 6.14. The number of hydrogen-bond donors (Lipinski definition) is 3. The molecule has 0 aliphatic heterocycles. The van der Waals surface area contributed by atoms with Crippen molar-refractivity contribution >= 4 is 23.5 Å². The van der Waals surface area contributed by atoms with Crippen molar-refractivity contribution in [3.63, 3.8) is 0 Å². The molecule has 7 heteroatoms. The van der Waals surface area contributed by atoms with Gasteiger partial charge in [0.05, 0.1) is 0 Å². The van der Waals surface area contributed by atoms with Gasteiger partial charge in [0.2, 0.25) is 11.4 Å². The number of aliphatic carboxylic acids is 2. The molecule has 0 aromatic rings. The molecule has 0 bridgehead atoms. The highest BCUT2D eigenvalue weighted by atomic mass is 16.4.